The maximum Gasteiger partial charge on any atom is 0.102 e. The van der Waals surface area contributed by atoms with Crippen LogP contribution in [0.3, 0.4) is 0 Å². The second-order valence-electron chi connectivity index (χ2n) is 5.74. The highest BCUT2D eigenvalue weighted by Crippen LogP contribution is 2.34. The fraction of sp³-hybridized carbons (Fsp3) is 0.471. The first-order valence-electron chi connectivity index (χ1n) is 7.45. The van der Waals surface area contributed by atoms with Crippen molar-refractivity contribution in [3.05, 3.63) is 40.6 Å². The van der Waals surface area contributed by atoms with E-state index in [0.717, 1.165) is 18.5 Å². The Morgan fingerprint density at radius 2 is 2.00 bits per heavy atom. The Morgan fingerprint density at radius 1 is 1.29 bits per heavy atom. The van der Waals surface area contributed by atoms with Gasteiger partial charge < -0.3 is 5.73 Å². The largest absolute Gasteiger partial charge is 0.327 e. The molecule has 0 bridgehead atoms. The molecule has 0 fully saturated rings. The highest BCUT2D eigenvalue weighted by Gasteiger charge is 2.17. The van der Waals surface area contributed by atoms with Crippen LogP contribution in [0.4, 0.5) is 0 Å². The number of hydrogen-bond acceptors (Lipinski definition) is 3. The van der Waals surface area contributed by atoms with Crippen molar-refractivity contribution in [1.29, 1.82) is 0 Å². The van der Waals surface area contributed by atoms with Gasteiger partial charge in [0.25, 0.3) is 0 Å². The van der Waals surface area contributed by atoms with Gasteiger partial charge in [0.05, 0.1) is 5.69 Å². The predicted octanol–water partition coefficient (Wildman–Crippen LogP) is 3.78. The lowest BCUT2D eigenvalue weighted by molar-refractivity contribution is 0.631. The quantitative estimate of drug-likeness (QED) is 0.914. The molecule has 21 heavy (non-hydrogen) atoms. The third kappa shape index (κ3) is 3.69. The summed E-state index contributed by atoms with van der Waals surface area (Å²) in [6.07, 6.45) is 1.88. The lowest BCUT2D eigenvalue weighted by atomic mass is 10.1. The van der Waals surface area contributed by atoms with Crippen molar-refractivity contribution >= 4 is 11.8 Å². The van der Waals surface area contributed by atoms with Gasteiger partial charge in [0.2, 0.25) is 0 Å². The topological polar surface area (TPSA) is 43.8 Å². The average Bonchev–Trinajstić information content (AvgIpc) is 2.68. The molecular weight excluding hydrogens is 278 g/mol. The minimum Gasteiger partial charge on any atom is -0.327 e. The van der Waals surface area contributed by atoms with Crippen molar-refractivity contribution in [2.45, 2.75) is 56.5 Å². The zero-order chi connectivity index (χ0) is 15.6. The molecule has 0 aliphatic carbocycles. The summed E-state index contributed by atoms with van der Waals surface area (Å²) in [6.45, 7) is 8.49. The Morgan fingerprint density at radius 3 is 2.62 bits per heavy atom. The summed E-state index contributed by atoms with van der Waals surface area (Å²) in [7, 11) is 2.01. The predicted molar refractivity (Wildman–Crippen MR) is 90.0 cm³/mol. The zero-order valence-electron chi connectivity index (χ0n) is 13.6. The third-order valence-corrected chi connectivity index (χ3v) is 5.20. The molecule has 2 N–H and O–H groups in total. The van der Waals surface area contributed by atoms with E-state index in [2.05, 4.69) is 51.0 Å². The molecule has 0 saturated carbocycles. The third-order valence-electron chi connectivity index (χ3n) is 3.82. The second-order valence-corrected chi connectivity index (χ2v) is 6.77. The second kappa shape index (κ2) is 6.67. The van der Waals surface area contributed by atoms with Crippen LogP contribution in [-0.4, -0.2) is 15.8 Å². The molecule has 1 unspecified atom stereocenters. The van der Waals surface area contributed by atoms with E-state index in [1.807, 2.05) is 11.7 Å². The molecule has 114 valence electrons. The Balaban J connectivity index is 2.34. The van der Waals surface area contributed by atoms with Crippen LogP contribution in [0.15, 0.2) is 28.1 Å². The van der Waals surface area contributed by atoms with E-state index in [-0.39, 0.29) is 6.04 Å². The van der Waals surface area contributed by atoms with Gasteiger partial charge in [-0.1, -0.05) is 36.4 Å². The maximum absolute atomic E-state index is 6.15. The summed E-state index contributed by atoms with van der Waals surface area (Å²) >= 11 is 1.79. The van der Waals surface area contributed by atoms with Crippen LogP contribution >= 0.6 is 11.8 Å². The van der Waals surface area contributed by atoms with Gasteiger partial charge >= 0.3 is 0 Å². The Labute approximate surface area is 131 Å². The fourth-order valence-corrected chi connectivity index (χ4v) is 3.56. The number of aryl methyl sites for hydroxylation is 4. The van der Waals surface area contributed by atoms with Crippen LogP contribution < -0.4 is 5.73 Å². The average molecular weight is 303 g/mol. The van der Waals surface area contributed by atoms with Crippen molar-refractivity contribution < 1.29 is 0 Å². The SMILES string of the molecule is CCC(N)Cc1c(C)nn(C)c1Sc1ccc(C)cc1C. The first kappa shape index (κ1) is 16.1. The number of aromatic nitrogens is 2. The van der Waals surface area contributed by atoms with Gasteiger partial charge in [-0.3, -0.25) is 4.68 Å². The normalized spacial score (nSPS) is 12.7. The first-order valence-corrected chi connectivity index (χ1v) is 8.27. The summed E-state index contributed by atoms with van der Waals surface area (Å²) in [4.78, 5) is 1.29. The summed E-state index contributed by atoms with van der Waals surface area (Å²) in [5.74, 6) is 0. The van der Waals surface area contributed by atoms with E-state index < -0.39 is 0 Å². The summed E-state index contributed by atoms with van der Waals surface area (Å²) in [6, 6.07) is 6.78. The molecule has 2 aromatic rings. The van der Waals surface area contributed by atoms with Gasteiger partial charge in [0, 0.05) is 23.5 Å². The van der Waals surface area contributed by atoms with Crippen LogP contribution in [0.5, 0.6) is 0 Å². The lowest BCUT2D eigenvalue weighted by Crippen LogP contribution is -2.21. The molecule has 0 radical (unpaired) electrons. The van der Waals surface area contributed by atoms with E-state index in [0.29, 0.717) is 0 Å². The van der Waals surface area contributed by atoms with Crippen molar-refractivity contribution in [3.8, 4) is 0 Å². The Bertz CT molecular complexity index is 631. The summed E-state index contributed by atoms with van der Waals surface area (Å²) < 4.78 is 1.98. The summed E-state index contributed by atoms with van der Waals surface area (Å²) in [5, 5.41) is 5.79. The van der Waals surface area contributed by atoms with Gasteiger partial charge in [-0.2, -0.15) is 5.10 Å². The van der Waals surface area contributed by atoms with E-state index in [1.165, 1.54) is 26.6 Å². The standard InChI is InChI=1S/C17H25N3S/c1-6-14(18)10-15-13(4)19-20(5)17(15)21-16-8-7-11(2)9-12(16)3/h7-9,14H,6,10,18H2,1-5H3. The molecule has 3 nitrogen and oxygen atoms in total. The molecule has 4 heteroatoms. The van der Waals surface area contributed by atoms with Gasteiger partial charge in [0.15, 0.2) is 0 Å². The minimum atomic E-state index is 0.200. The number of nitrogens with zero attached hydrogens (tertiary/aromatic N) is 2. The molecule has 1 aromatic carbocycles. The zero-order valence-corrected chi connectivity index (χ0v) is 14.4. The summed E-state index contributed by atoms with van der Waals surface area (Å²) in [5.41, 5.74) is 11.1. The molecule has 0 amide bonds. The van der Waals surface area contributed by atoms with E-state index in [4.69, 9.17) is 5.73 Å². The number of nitrogens with two attached hydrogens (primary N) is 1. The van der Waals surface area contributed by atoms with Crippen LogP contribution in [0.2, 0.25) is 0 Å². The molecular formula is C17H25N3S. The van der Waals surface area contributed by atoms with E-state index in [1.54, 1.807) is 11.8 Å². The van der Waals surface area contributed by atoms with Crippen LogP contribution in [0.1, 0.15) is 35.7 Å². The monoisotopic (exact) mass is 303 g/mol. The number of benzene rings is 1. The minimum absolute atomic E-state index is 0.200. The van der Waals surface area contributed by atoms with Crippen LogP contribution in [-0.2, 0) is 13.5 Å². The maximum atomic E-state index is 6.15. The fourth-order valence-electron chi connectivity index (χ4n) is 2.47. The van der Waals surface area contributed by atoms with Gasteiger partial charge in [-0.05, 0) is 45.2 Å². The molecule has 1 heterocycles. The molecule has 0 aliphatic rings. The van der Waals surface area contributed by atoms with Crippen molar-refractivity contribution in [2.24, 2.45) is 12.8 Å². The molecule has 0 saturated heterocycles. The number of hydrogen-bond donors (Lipinski definition) is 1. The smallest absolute Gasteiger partial charge is 0.102 e. The molecule has 2 rings (SSSR count). The van der Waals surface area contributed by atoms with Gasteiger partial charge in [-0.15, -0.1) is 0 Å². The lowest BCUT2D eigenvalue weighted by Gasteiger charge is -2.12. The van der Waals surface area contributed by atoms with Crippen LogP contribution in [0, 0.1) is 20.8 Å². The highest BCUT2D eigenvalue weighted by atomic mass is 32.2. The molecule has 1 atom stereocenters. The van der Waals surface area contributed by atoms with Gasteiger partial charge in [0.1, 0.15) is 5.03 Å². The van der Waals surface area contributed by atoms with E-state index in [9.17, 15) is 0 Å². The van der Waals surface area contributed by atoms with Gasteiger partial charge in [-0.25, -0.2) is 0 Å². The molecule has 1 aromatic heterocycles. The van der Waals surface area contributed by atoms with Crippen molar-refractivity contribution in [3.63, 3.8) is 0 Å². The van der Waals surface area contributed by atoms with Crippen molar-refractivity contribution in [2.75, 3.05) is 0 Å². The molecule has 0 spiro atoms. The first-order chi connectivity index (χ1) is 9.92. The Hall–Kier alpha value is -1.26. The van der Waals surface area contributed by atoms with E-state index >= 15 is 0 Å². The number of rotatable bonds is 5. The van der Waals surface area contributed by atoms with Crippen molar-refractivity contribution in [1.82, 2.24) is 9.78 Å². The van der Waals surface area contributed by atoms with Crippen LogP contribution in [0.25, 0.3) is 0 Å². The Kier molecular flexibility index (Phi) is 5.12. The highest BCUT2D eigenvalue weighted by molar-refractivity contribution is 7.99. The molecule has 0 aliphatic heterocycles.